The fourth-order valence-electron chi connectivity index (χ4n) is 2.96. The first-order valence-electron chi connectivity index (χ1n) is 8.68. The van der Waals surface area contributed by atoms with E-state index in [1.54, 1.807) is 4.90 Å². The van der Waals surface area contributed by atoms with Crippen LogP contribution in [0.25, 0.3) is 0 Å². The molecular formula is C19H19ClN4O3S. The molecule has 1 heterocycles. The Morgan fingerprint density at radius 1 is 1.11 bits per heavy atom. The molecule has 0 saturated carbocycles. The number of carbonyl (C=O) groups is 1. The minimum atomic E-state index is -3.90. The summed E-state index contributed by atoms with van der Waals surface area (Å²) in [6.07, 6.45) is 0. The van der Waals surface area contributed by atoms with Gasteiger partial charge in [-0.1, -0.05) is 29.8 Å². The molecule has 0 bridgehead atoms. The number of amides is 1. The lowest BCUT2D eigenvalue weighted by Crippen LogP contribution is -2.51. The summed E-state index contributed by atoms with van der Waals surface area (Å²) in [5, 5.41) is 8.92. The normalized spacial score (nSPS) is 14.6. The Balaban J connectivity index is 1.55. The number of nitriles is 1. The number of carbonyl (C=O) groups excluding carboxylic acids is 1. The monoisotopic (exact) mass is 418 g/mol. The number of nitrogens with one attached hydrogen (secondary N) is 1. The Labute approximate surface area is 169 Å². The van der Waals surface area contributed by atoms with Crippen LogP contribution in [0.15, 0.2) is 53.4 Å². The molecule has 1 saturated heterocycles. The Morgan fingerprint density at radius 2 is 1.79 bits per heavy atom. The first-order valence-corrected chi connectivity index (χ1v) is 10.5. The van der Waals surface area contributed by atoms with Gasteiger partial charge in [0.25, 0.3) is 0 Å². The van der Waals surface area contributed by atoms with Gasteiger partial charge in [0, 0.05) is 31.9 Å². The van der Waals surface area contributed by atoms with Gasteiger partial charge in [0.1, 0.15) is 6.07 Å². The standard InChI is InChI=1S/C19H19ClN4O3S/c20-18-12-17(7-6-15(18)13-21)28(26,27)22-14-19(25)24-10-8-23(9-11-24)16-4-2-1-3-5-16/h1-7,12,22H,8-11,14H2. The molecule has 9 heteroatoms. The third-order valence-electron chi connectivity index (χ3n) is 4.54. The SMILES string of the molecule is N#Cc1ccc(S(=O)(=O)NCC(=O)N2CCN(c3ccccc3)CC2)cc1Cl. The number of para-hydroxylation sites is 1. The summed E-state index contributed by atoms with van der Waals surface area (Å²) in [6.45, 7) is 2.10. The van der Waals surface area contributed by atoms with Crippen LogP contribution in [0.4, 0.5) is 5.69 Å². The summed E-state index contributed by atoms with van der Waals surface area (Å²) in [7, 11) is -3.90. The maximum absolute atomic E-state index is 12.4. The Kier molecular flexibility index (Phi) is 6.19. The maximum atomic E-state index is 12.4. The molecule has 28 heavy (non-hydrogen) atoms. The van der Waals surface area contributed by atoms with Crippen LogP contribution in [0.5, 0.6) is 0 Å². The molecule has 0 aliphatic carbocycles. The predicted octanol–water partition coefficient (Wildman–Crippen LogP) is 1.84. The van der Waals surface area contributed by atoms with Gasteiger partial charge in [0.05, 0.1) is 22.0 Å². The number of rotatable bonds is 5. The van der Waals surface area contributed by atoms with E-state index in [1.165, 1.54) is 18.2 Å². The Bertz CT molecular complexity index is 998. The smallest absolute Gasteiger partial charge is 0.241 e. The lowest BCUT2D eigenvalue weighted by molar-refractivity contribution is -0.130. The molecular weight excluding hydrogens is 400 g/mol. The van der Waals surface area contributed by atoms with Crippen LogP contribution < -0.4 is 9.62 Å². The zero-order chi connectivity index (χ0) is 20.1. The van der Waals surface area contributed by atoms with E-state index in [1.807, 2.05) is 36.4 Å². The van der Waals surface area contributed by atoms with Crippen LogP contribution in [-0.2, 0) is 14.8 Å². The summed E-state index contributed by atoms with van der Waals surface area (Å²) >= 11 is 5.89. The molecule has 2 aromatic rings. The molecule has 7 nitrogen and oxygen atoms in total. The van der Waals surface area contributed by atoms with E-state index in [-0.39, 0.29) is 27.9 Å². The second-order valence-corrected chi connectivity index (χ2v) is 8.46. The molecule has 1 fully saturated rings. The van der Waals surface area contributed by atoms with Crippen molar-refractivity contribution in [3.8, 4) is 6.07 Å². The Morgan fingerprint density at radius 3 is 2.39 bits per heavy atom. The van der Waals surface area contributed by atoms with Crippen molar-refractivity contribution < 1.29 is 13.2 Å². The van der Waals surface area contributed by atoms with E-state index in [9.17, 15) is 13.2 Å². The molecule has 0 radical (unpaired) electrons. The number of hydrogen-bond donors (Lipinski definition) is 1. The molecule has 0 aromatic heterocycles. The van der Waals surface area contributed by atoms with Gasteiger partial charge in [-0.2, -0.15) is 5.26 Å². The van der Waals surface area contributed by atoms with E-state index >= 15 is 0 Å². The van der Waals surface area contributed by atoms with E-state index in [0.717, 1.165) is 5.69 Å². The molecule has 0 atom stereocenters. The molecule has 2 aromatic carbocycles. The molecule has 3 rings (SSSR count). The second-order valence-electron chi connectivity index (χ2n) is 6.28. The number of hydrogen-bond acceptors (Lipinski definition) is 5. The van der Waals surface area contributed by atoms with E-state index in [2.05, 4.69) is 9.62 Å². The minimum absolute atomic E-state index is 0.0498. The van der Waals surface area contributed by atoms with Crippen molar-refractivity contribution in [2.45, 2.75) is 4.90 Å². The third kappa shape index (κ3) is 4.62. The van der Waals surface area contributed by atoms with Crippen LogP contribution in [0.1, 0.15) is 5.56 Å². The van der Waals surface area contributed by atoms with Crippen LogP contribution in [-0.4, -0.2) is 51.9 Å². The van der Waals surface area contributed by atoms with Crippen molar-refractivity contribution >= 4 is 33.2 Å². The van der Waals surface area contributed by atoms with Gasteiger partial charge in [0.2, 0.25) is 15.9 Å². The quantitative estimate of drug-likeness (QED) is 0.799. The lowest BCUT2D eigenvalue weighted by atomic mass is 10.2. The van der Waals surface area contributed by atoms with Gasteiger partial charge in [0.15, 0.2) is 0 Å². The predicted molar refractivity (Wildman–Crippen MR) is 107 cm³/mol. The van der Waals surface area contributed by atoms with Gasteiger partial charge >= 0.3 is 0 Å². The van der Waals surface area contributed by atoms with Gasteiger partial charge in [-0.3, -0.25) is 4.79 Å². The van der Waals surface area contributed by atoms with Crippen molar-refractivity contribution in [3.63, 3.8) is 0 Å². The molecule has 146 valence electrons. The van der Waals surface area contributed by atoms with Crippen LogP contribution in [0.3, 0.4) is 0 Å². The van der Waals surface area contributed by atoms with Gasteiger partial charge in [-0.15, -0.1) is 0 Å². The van der Waals surface area contributed by atoms with Gasteiger partial charge in [-0.05, 0) is 30.3 Å². The van der Waals surface area contributed by atoms with Crippen molar-refractivity contribution in [1.29, 1.82) is 5.26 Å². The first-order chi connectivity index (χ1) is 13.4. The highest BCUT2D eigenvalue weighted by Crippen LogP contribution is 2.20. The highest BCUT2D eigenvalue weighted by atomic mass is 35.5. The number of anilines is 1. The van der Waals surface area contributed by atoms with E-state index < -0.39 is 10.0 Å². The second kappa shape index (κ2) is 8.61. The Hall–Kier alpha value is -2.60. The summed E-state index contributed by atoms with van der Waals surface area (Å²) in [6, 6.07) is 15.6. The van der Waals surface area contributed by atoms with Crippen LogP contribution in [0, 0.1) is 11.3 Å². The van der Waals surface area contributed by atoms with Crippen molar-refractivity contribution in [2.75, 3.05) is 37.6 Å². The fraction of sp³-hybridized carbons (Fsp3) is 0.263. The maximum Gasteiger partial charge on any atom is 0.241 e. The zero-order valence-corrected chi connectivity index (χ0v) is 16.6. The largest absolute Gasteiger partial charge is 0.368 e. The van der Waals surface area contributed by atoms with E-state index in [0.29, 0.717) is 26.2 Å². The summed E-state index contributed by atoms with van der Waals surface area (Å²) in [5.41, 5.74) is 1.29. The van der Waals surface area contributed by atoms with Gasteiger partial charge in [-0.25, -0.2) is 13.1 Å². The zero-order valence-electron chi connectivity index (χ0n) is 15.0. The molecule has 1 aliphatic heterocycles. The van der Waals surface area contributed by atoms with E-state index in [4.69, 9.17) is 16.9 Å². The number of halogens is 1. The van der Waals surface area contributed by atoms with Gasteiger partial charge < -0.3 is 9.80 Å². The van der Waals surface area contributed by atoms with Crippen molar-refractivity contribution in [2.24, 2.45) is 0 Å². The average molecular weight is 419 g/mol. The summed E-state index contributed by atoms with van der Waals surface area (Å²) < 4.78 is 27.1. The molecule has 1 amide bonds. The molecule has 1 N–H and O–H groups in total. The molecule has 0 spiro atoms. The highest BCUT2D eigenvalue weighted by Gasteiger charge is 2.23. The van der Waals surface area contributed by atoms with Crippen molar-refractivity contribution in [3.05, 3.63) is 59.1 Å². The van der Waals surface area contributed by atoms with Crippen LogP contribution >= 0.6 is 11.6 Å². The number of nitrogens with zero attached hydrogens (tertiary/aromatic N) is 3. The van der Waals surface area contributed by atoms with Crippen molar-refractivity contribution in [1.82, 2.24) is 9.62 Å². The third-order valence-corrected chi connectivity index (χ3v) is 6.25. The first kappa shape index (κ1) is 20.1. The highest BCUT2D eigenvalue weighted by molar-refractivity contribution is 7.89. The fourth-order valence-corrected chi connectivity index (χ4v) is 4.25. The molecule has 1 aliphatic rings. The topological polar surface area (TPSA) is 93.5 Å². The summed E-state index contributed by atoms with van der Waals surface area (Å²) in [5.74, 6) is -0.281. The van der Waals surface area contributed by atoms with Crippen LogP contribution in [0.2, 0.25) is 5.02 Å². The number of benzene rings is 2. The molecule has 0 unspecified atom stereocenters. The lowest BCUT2D eigenvalue weighted by Gasteiger charge is -2.36. The minimum Gasteiger partial charge on any atom is -0.368 e. The average Bonchev–Trinajstić information content (AvgIpc) is 2.72. The summed E-state index contributed by atoms with van der Waals surface area (Å²) in [4.78, 5) is 16.1. The number of piperazine rings is 1. The number of sulfonamides is 1.